The summed E-state index contributed by atoms with van der Waals surface area (Å²) in [7, 11) is 1.45. The van der Waals surface area contributed by atoms with Gasteiger partial charge in [0.05, 0.1) is 12.1 Å². The molecule has 2 rings (SSSR count). The van der Waals surface area contributed by atoms with Gasteiger partial charge in [0, 0.05) is 7.11 Å². The van der Waals surface area contributed by atoms with E-state index in [1.54, 1.807) is 12.1 Å². The Labute approximate surface area is 90.0 Å². The van der Waals surface area contributed by atoms with Gasteiger partial charge in [-0.15, -0.1) is 0 Å². The van der Waals surface area contributed by atoms with Gasteiger partial charge >= 0.3 is 5.69 Å². The van der Waals surface area contributed by atoms with Crippen LogP contribution in [0.3, 0.4) is 0 Å². The lowest BCUT2D eigenvalue weighted by Crippen LogP contribution is -2.16. The van der Waals surface area contributed by atoms with E-state index in [4.69, 9.17) is 4.74 Å². The summed E-state index contributed by atoms with van der Waals surface area (Å²) >= 11 is 0. The second-order valence-electron chi connectivity index (χ2n) is 3.27. The van der Waals surface area contributed by atoms with Gasteiger partial charge < -0.3 is 4.74 Å². The Hall–Kier alpha value is -2.02. The molecule has 0 aliphatic rings. The molecule has 0 radical (unpaired) electrons. The molecule has 0 amide bonds. The molecular weight excluding hydrogens is 212 g/mol. The molecule has 16 heavy (non-hydrogen) atoms. The predicted molar refractivity (Wildman–Crippen MR) is 54.2 cm³/mol. The van der Waals surface area contributed by atoms with Crippen LogP contribution < -0.4 is 5.69 Å². The molecule has 7 nitrogen and oxygen atoms in total. The zero-order valence-corrected chi connectivity index (χ0v) is 8.64. The highest BCUT2D eigenvalue weighted by Gasteiger charge is 2.07. The van der Waals surface area contributed by atoms with E-state index in [1.807, 2.05) is 0 Å². The molecule has 0 aliphatic carbocycles. The maximum absolute atomic E-state index is 11.3. The Kier molecular flexibility index (Phi) is 2.78. The molecule has 0 aliphatic heterocycles. The van der Waals surface area contributed by atoms with E-state index < -0.39 is 5.69 Å². The van der Waals surface area contributed by atoms with Crippen LogP contribution in [0, 0.1) is 0 Å². The van der Waals surface area contributed by atoms with Crippen molar-refractivity contribution in [1.29, 1.82) is 0 Å². The number of hydrogen-bond donors (Lipinski definition) is 1. The van der Waals surface area contributed by atoms with E-state index in [9.17, 15) is 9.59 Å². The smallest absolute Gasteiger partial charge is 0.364 e. The van der Waals surface area contributed by atoms with Crippen LogP contribution >= 0.6 is 0 Å². The van der Waals surface area contributed by atoms with Gasteiger partial charge in [-0.1, -0.05) is 0 Å². The highest BCUT2D eigenvalue weighted by Crippen LogP contribution is 1.99. The number of aromatic nitrogens is 4. The standard InChI is InChI=1S/C9H10N4O3/c1-16-5-7(14)4-6-2-3-8-10-11-9(15)13(8)12-6/h2-3H,4-5H2,1H3,(H,11,15). The van der Waals surface area contributed by atoms with E-state index in [2.05, 4.69) is 15.3 Å². The number of methoxy groups -OCH3 is 1. The van der Waals surface area contributed by atoms with Crippen LogP contribution in [0.4, 0.5) is 0 Å². The van der Waals surface area contributed by atoms with Crippen LogP contribution in [0.2, 0.25) is 0 Å². The highest BCUT2D eigenvalue weighted by molar-refractivity contribution is 5.81. The minimum Gasteiger partial charge on any atom is -0.377 e. The van der Waals surface area contributed by atoms with Gasteiger partial charge in [0.25, 0.3) is 0 Å². The Morgan fingerprint density at radius 1 is 1.56 bits per heavy atom. The summed E-state index contributed by atoms with van der Waals surface area (Å²) in [5.41, 5.74) is 0.516. The molecule has 0 unspecified atom stereocenters. The van der Waals surface area contributed by atoms with Crippen LogP contribution in [-0.4, -0.2) is 39.3 Å². The molecule has 0 aromatic carbocycles. The average Bonchev–Trinajstić information content (AvgIpc) is 2.61. The average molecular weight is 222 g/mol. The van der Waals surface area contributed by atoms with Crippen molar-refractivity contribution in [3.8, 4) is 0 Å². The maximum atomic E-state index is 11.3. The molecule has 0 atom stereocenters. The summed E-state index contributed by atoms with van der Waals surface area (Å²) in [6.45, 7) is 0.0417. The van der Waals surface area contributed by atoms with Gasteiger partial charge in [0.2, 0.25) is 0 Å². The number of H-pyrrole nitrogens is 1. The zero-order chi connectivity index (χ0) is 11.5. The predicted octanol–water partition coefficient (Wildman–Crippen LogP) is -0.824. The van der Waals surface area contributed by atoms with Crippen molar-refractivity contribution in [3.05, 3.63) is 28.3 Å². The third-order valence-corrected chi connectivity index (χ3v) is 2.01. The van der Waals surface area contributed by atoms with Gasteiger partial charge in [-0.25, -0.2) is 9.89 Å². The number of aromatic amines is 1. The van der Waals surface area contributed by atoms with Crippen molar-refractivity contribution in [1.82, 2.24) is 19.8 Å². The fraction of sp³-hybridized carbons (Fsp3) is 0.333. The number of ketones is 1. The fourth-order valence-corrected chi connectivity index (χ4v) is 1.35. The monoisotopic (exact) mass is 222 g/mol. The molecule has 2 heterocycles. The molecule has 2 aromatic rings. The van der Waals surface area contributed by atoms with Gasteiger partial charge in [0.15, 0.2) is 11.4 Å². The van der Waals surface area contributed by atoms with Crippen molar-refractivity contribution < 1.29 is 9.53 Å². The number of ether oxygens (including phenoxy) is 1. The summed E-state index contributed by atoms with van der Waals surface area (Å²) in [5.74, 6) is -0.0918. The summed E-state index contributed by atoms with van der Waals surface area (Å²) in [4.78, 5) is 22.5. The number of carbonyl (C=O) groups excluding carboxylic acids is 1. The third kappa shape index (κ3) is 1.98. The lowest BCUT2D eigenvalue weighted by molar-refractivity contribution is -0.122. The quantitative estimate of drug-likeness (QED) is 0.729. The van der Waals surface area contributed by atoms with E-state index in [0.29, 0.717) is 11.3 Å². The van der Waals surface area contributed by atoms with E-state index >= 15 is 0 Å². The lowest BCUT2D eigenvalue weighted by atomic mass is 10.2. The fourth-order valence-electron chi connectivity index (χ4n) is 1.35. The largest absolute Gasteiger partial charge is 0.377 e. The first kappa shape index (κ1) is 10.5. The summed E-state index contributed by atoms with van der Waals surface area (Å²) in [5, 5.41) is 9.99. The van der Waals surface area contributed by atoms with Crippen LogP contribution in [-0.2, 0) is 16.0 Å². The Bertz CT molecular complexity index is 571. The van der Waals surface area contributed by atoms with Crippen LogP contribution in [0.25, 0.3) is 5.65 Å². The normalized spacial score (nSPS) is 10.8. The highest BCUT2D eigenvalue weighted by atomic mass is 16.5. The van der Waals surface area contributed by atoms with Gasteiger partial charge in [-0.2, -0.15) is 14.7 Å². The molecule has 84 valence electrons. The van der Waals surface area contributed by atoms with Crippen molar-refractivity contribution in [2.45, 2.75) is 6.42 Å². The number of nitrogens with zero attached hydrogens (tertiary/aromatic N) is 3. The molecule has 7 heteroatoms. The van der Waals surface area contributed by atoms with Gasteiger partial charge in [0.1, 0.15) is 6.61 Å². The molecule has 2 aromatic heterocycles. The number of hydrogen-bond acceptors (Lipinski definition) is 5. The van der Waals surface area contributed by atoms with E-state index in [-0.39, 0.29) is 18.8 Å². The number of fused-ring (bicyclic) bond motifs is 1. The lowest BCUT2D eigenvalue weighted by Gasteiger charge is -1.99. The van der Waals surface area contributed by atoms with Crippen molar-refractivity contribution >= 4 is 11.4 Å². The summed E-state index contributed by atoms with van der Waals surface area (Å²) in [6.07, 6.45) is 0.140. The number of nitrogens with one attached hydrogen (secondary N) is 1. The van der Waals surface area contributed by atoms with Crippen LogP contribution in [0.1, 0.15) is 5.69 Å². The number of Topliss-reactive ketones (excluding diaryl/α,β-unsaturated/α-hetero) is 1. The minimum atomic E-state index is -0.420. The Morgan fingerprint density at radius 2 is 2.38 bits per heavy atom. The molecule has 0 fully saturated rings. The summed E-state index contributed by atoms with van der Waals surface area (Å²) < 4.78 is 5.83. The molecule has 1 N–H and O–H groups in total. The van der Waals surface area contributed by atoms with Gasteiger partial charge in [-0.3, -0.25) is 4.79 Å². The molecule has 0 bridgehead atoms. The Morgan fingerprint density at radius 3 is 3.12 bits per heavy atom. The van der Waals surface area contributed by atoms with Crippen LogP contribution in [0.5, 0.6) is 0 Å². The van der Waals surface area contributed by atoms with Crippen molar-refractivity contribution in [2.75, 3.05) is 13.7 Å². The Balaban J connectivity index is 2.28. The maximum Gasteiger partial charge on any atom is 0.364 e. The van der Waals surface area contributed by atoms with Crippen molar-refractivity contribution in [2.24, 2.45) is 0 Å². The second kappa shape index (κ2) is 4.23. The molecule has 0 saturated heterocycles. The molecule has 0 saturated carbocycles. The molecule has 0 spiro atoms. The van der Waals surface area contributed by atoms with Crippen LogP contribution in [0.15, 0.2) is 16.9 Å². The molecular formula is C9H10N4O3. The summed E-state index contributed by atoms with van der Waals surface area (Å²) in [6, 6.07) is 3.28. The van der Waals surface area contributed by atoms with E-state index in [0.717, 1.165) is 4.52 Å². The first-order chi connectivity index (χ1) is 7.70. The SMILES string of the molecule is COCC(=O)Cc1ccc2n[nH]c(=O)n2n1. The first-order valence-corrected chi connectivity index (χ1v) is 4.64. The second-order valence-corrected chi connectivity index (χ2v) is 3.27. The topological polar surface area (TPSA) is 89.3 Å². The number of rotatable bonds is 4. The minimum absolute atomic E-state index is 0.0417. The first-order valence-electron chi connectivity index (χ1n) is 4.64. The number of carbonyl (C=O) groups is 1. The third-order valence-electron chi connectivity index (χ3n) is 2.01. The van der Waals surface area contributed by atoms with Crippen molar-refractivity contribution in [3.63, 3.8) is 0 Å². The van der Waals surface area contributed by atoms with Gasteiger partial charge in [-0.05, 0) is 12.1 Å². The zero-order valence-electron chi connectivity index (χ0n) is 8.64. The van der Waals surface area contributed by atoms with E-state index in [1.165, 1.54) is 7.11 Å².